The smallest absolute Gasteiger partial charge is 0.238 e. The Morgan fingerprint density at radius 2 is 2.00 bits per heavy atom. The van der Waals surface area contributed by atoms with Crippen molar-refractivity contribution in [2.75, 3.05) is 0 Å². The number of rotatable bonds is 5. The molecule has 0 N–H and O–H groups in total. The third-order valence-corrected chi connectivity index (χ3v) is 0.994. The molecule has 0 aromatic rings. The molecule has 3 heteroatoms. The number of halogens is 2. The minimum Gasteiger partial charge on any atom is -0.303 e. The lowest BCUT2D eigenvalue weighted by Crippen LogP contribution is -1.89. The Bertz CT molecular complexity index is 73.5. The van der Waals surface area contributed by atoms with Crippen LogP contribution in [0.4, 0.5) is 8.78 Å². The van der Waals surface area contributed by atoms with E-state index in [2.05, 4.69) is 0 Å². The van der Waals surface area contributed by atoms with Crippen molar-refractivity contribution in [3.05, 3.63) is 0 Å². The average molecular weight is 136 g/mol. The molecule has 0 aliphatic heterocycles. The topological polar surface area (TPSA) is 17.1 Å². The van der Waals surface area contributed by atoms with E-state index in [1.165, 1.54) is 0 Å². The summed E-state index contributed by atoms with van der Waals surface area (Å²) in [7, 11) is 0. The van der Waals surface area contributed by atoms with Crippen molar-refractivity contribution in [3.8, 4) is 0 Å². The molecule has 0 fully saturated rings. The van der Waals surface area contributed by atoms with E-state index in [1.807, 2.05) is 0 Å². The first kappa shape index (κ1) is 8.53. The molecule has 0 spiro atoms. The second kappa shape index (κ2) is 5.66. The maximum Gasteiger partial charge on any atom is 0.238 e. The van der Waals surface area contributed by atoms with Crippen LogP contribution >= 0.6 is 0 Å². The van der Waals surface area contributed by atoms with Gasteiger partial charge in [0.05, 0.1) is 0 Å². The van der Waals surface area contributed by atoms with Gasteiger partial charge in [0.2, 0.25) is 6.43 Å². The quantitative estimate of drug-likeness (QED) is 0.417. The Morgan fingerprint density at radius 1 is 1.33 bits per heavy atom. The van der Waals surface area contributed by atoms with Gasteiger partial charge < -0.3 is 4.79 Å². The van der Waals surface area contributed by atoms with Crippen LogP contribution in [0.2, 0.25) is 0 Å². The molecule has 0 unspecified atom stereocenters. The maximum atomic E-state index is 11.4. The Kier molecular flexibility index (Phi) is 5.37. The maximum absolute atomic E-state index is 11.4. The number of aldehydes is 1. The number of carbonyl (C=O) groups excluding carboxylic acids is 1. The predicted octanol–water partition coefficient (Wildman–Crippen LogP) is 2.01. The van der Waals surface area contributed by atoms with Gasteiger partial charge >= 0.3 is 0 Å². The van der Waals surface area contributed by atoms with Crippen molar-refractivity contribution in [3.63, 3.8) is 0 Å². The van der Waals surface area contributed by atoms with Gasteiger partial charge in [-0.3, -0.25) is 0 Å². The van der Waals surface area contributed by atoms with Gasteiger partial charge in [0.25, 0.3) is 0 Å². The number of hydrogen-bond acceptors (Lipinski definition) is 1. The molecule has 0 amide bonds. The molecule has 9 heavy (non-hydrogen) atoms. The lowest BCUT2D eigenvalue weighted by atomic mass is 10.2. The zero-order valence-electron chi connectivity index (χ0n) is 5.15. The fourth-order valence-electron chi connectivity index (χ4n) is 0.526. The monoisotopic (exact) mass is 136 g/mol. The Balaban J connectivity index is 2.82. The average Bonchev–Trinajstić information content (AvgIpc) is 1.80. The number of hydrogen-bond donors (Lipinski definition) is 0. The third-order valence-electron chi connectivity index (χ3n) is 0.994. The highest BCUT2D eigenvalue weighted by Crippen LogP contribution is 2.05. The standard InChI is InChI=1S/C6H10F2O/c7-6(8)4-2-1-3-5-9/h5-6H,1-4H2. The fraction of sp³-hybridized carbons (Fsp3) is 0.833. The van der Waals surface area contributed by atoms with E-state index in [9.17, 15) is 13.6 Å². The first-order valence-electron chi connectivity index (χ1n) is 2.99. The molecule has 0 aromatic carbocycles. The van der Waals surface area contributed by atoms with E-state index in [0.29, 0.717) is 19.3 Å². The van der Waals surface area contributed by atoms with Gasteiger partial charge in [-0.2, -0.15) is 0 Å². The normalized spacial score (nSPS) is 10.1. The third kappa shape index (κ3) is 7.53. The van der Waals surface area contributed by atoms with Crippen LogP contribution in [-0.2, 0) is 4.79 Å². The van der Waals surface area contributed by atoms with Gasteiger partial charge in [-0.1, -0.05) is 0 Å². The van der Waals surface area contributed by atoms with Crippen molar-refractivity contribution in [1.29, 1.82) is 0 Å². The minimum absolute atomic E-state index is 0.0756. The summed E-state index contributed by atoms with van der Waals surface area (Å²) in [6.07, 6.45) is -0.0762. The van der Waals surface area contributed by atoms with Crippen LogP contribution in [0.5, 0.6) is 0 Å². The summed E-state index contributed by atoms with van der Waals surface area (Å²) in [5.41, 5.74) is 0. The molecule has 0 saturated carbocycles. The van der Waals surface area contributed by atoms with Crippen LogP contribution < -0.4 is 0 Å². The zero-order valence-corrected chi connectivity index (χ0v) is 5.15. The number of alkyl halides is 2. The molecule has 0 aliphatic carbocycles. The lowest BCUT2D eigenvalue weighted by molar-refractivity contribution is -0.108. The van der Waals surface area contributed by atoms with Crippen LogP contribution in [0, 0.1) is 0 Å². The summed E-state index contributed by atoms with van der Waals surface area (Å²) < 4.78 is 22.7. The largest absolute Gasteiger partial charge is 0.303 e. The first-order valence-corrected chi connectivity index (χ1v) is 2.99. The van der Waals surface area contributed by atoms with Crippen LogP contribution in [0.15, 0.2) is 0 Å². The fourth-order valence-corrected chi connectivity index (χ4v) is 0.526. The van der Waals surface area contributed by atoms with Gasteiger partial charge in [-0.25, -0.2) is 8.78 Å². The summed E-state index contributed by atoms with van der Waals surface area (Å²) in [5, 5.41) is 0. The molecule has 0 saturated heterocycles. The van der Waals surface area contributed by atoms with E-state index in [0.717, 1.165) is 6.29 Å². The highest BCUT2D eigenvalue weighted by molar-refractivity contribution is 5.48. The Morgan fingerprint density at radius 3 is 2.44 bits per heavy atom. The van der Waals surface area contributed by atoms with Gasteiger partial charge in [0.15, 0.2) is 0 Å². The minimum atomic E-state index is -2.21. The van der Waals surface area contributed by atoms with Gasteiger partial charge in [0, 0.05) is 12.8 Å². The highest BCUT2D eigenvalue weighted by Gasteiger charge is 1.99. The molecule has 0 heterocycles. The summed E-state index contributed by atoms with van der Waals surface area (Å²) in [6, 6.07) is 0. The van der Waals surface area contributed by atoms with Crippen molar-refractivity contribution in [2.24, 2.45) is 0 Å². The Hall–Kier alpha value is -0.470. The van der Waals surface area contributed by atoms with E-state index in [4.69, 9.17) is 0 Å². The van der Waals surface area contributed by atoms with Crippen LogP contribution in [0.25, 0.3) is 0 Å². The molecule has 0 radical (unpaired) electrons. The van der Waals surface area contributed by atoms with Gasteiger partial charge in [0.1, 0.15) is 6.29 Å². The van der Waals surface area contributed by atoms with Gasteiger partial charge in [-0.05, 0) is 12.8 Å². The van der Waals surface area contributed by atoms with Crippen molar-refractivity contribution < 1.29 is 13.6 Å². The highest BCUT2D eigenvalue weighted by atomic mass is 19.3. The van der Waals surface area contributed by atoms with Crippen molar-refractivity contribution in [1.82, 2.24) is 0 Å². The summed E-state index contributed by atoms with van der Waals surface area (Å²) in [6.45, 7) is 0. The van der Waals surface area contributed by atoms with E-state index in [-0.39, 0.29) is 6.42 Å². The van der Waals surface area contributed by atoms with E-state index in [1.54, 1.807) is 0 Å². The molecule has 0 bridgehead atoms. The summed E-state index contributed by atoms with van der Waals surface area (Å²) >= 11 is 0. The van der Waals surface area contributed by atoms with Crippen molar-refractivity contribution in [2.45, 2.75) is 32.1 Å². The molecule has 0 aliphatic rings. The molecule has 54 valence electrons. The number of unbranched alkanes of at least 4 members (excludes halogenated alkanes) is 2. The van der Waals surface area contributed by atoms with Crippen LogP contribution in [0.3, 0.4) is 0 Å². The molecule has 1 nitrogen and oxygen atoms in total. The van der Waals surface area contributed by atoms with Crippen LogP contribution in [0.1, 0.15) is 25.7 Å². The summed E-state index contributed by atoms with van der Waals surface area (Å²) in [4.78, 5) is 9.66. The molecular weight excluding hydrogens is 126 g/mol. The number of carbonyl (C=O) groups is 1. The molecule has 0 atom stereocenters. The summed E-state index contributed by atoms with van der Waals surface area (Å²) in [5.74, 6) is 0. The van der Waals surface area contributed by atoms with E-state index < -0.39 is 6.43 Å². The Labute approximate surface area is 53.1 Å². The second-order valence-electron chi connectivity index (χ2n) is 1.84. The SMILES string of the molecule is O=CCCCCC(F)F. The molecule has 0 rings (SSSR count). The molecular formula is C6H10F2O. The zero-order chi connectivity index (χ0) is 7.11. The van der Waals surface area contributed by atoms with Crippen molar-refractivity contribution >= 4 is 6.29 Å². The first-order chi connectivity index (χ1) is 4.27. The second-order valence-corrected chi connectivity index (χ2v) is 1.84. The van der Waals surface area contributed by atoms with E-state index >= 15 is 0 Å². The lowest BCUT2D eigenvalue weighted by Gasteiger charge is -1.94. The molecule has 0 aromatic heterocycles. The predicted molar refractivity (Wildman–Crippen MR) is 30.5 cm³/mol. The van der Waals surface area contributed by atoms with Crippen LogP contribution in [-0.4, -0.2) is 12.7 Å². The van der Waals surface area contributed by atoms with Gasteiger partial charge in [-0.15, -0.1) is 0 Å².